The van der Waals surface area contributed by atoms with E-state index >= 15 is 0 Å². The van der Waals surface area contributed by atoms with Gasteiger partial charge >= 0.3 is 0 Å². The molecule has 0 aromatic rings. The number of hydrogen-bond donors (Lipinski definition) is 1. The van der Waals surface area contributed by atoms with Crippen LogP contribution in [-0.2, 0) is 0 Å². The van der Waals surface area contributed by atoms with Crippen LogP contribution in [0.5, 0.6) is 0 Å². The monoisotopic (exact) mass is 245 g/mol. The molecular formula is C17H27N. The molecule has 0 heterocycles. The lowest BCUT2D eigenvalue weighted by atomic mass is 9.48. The van der Waals surface area contributed by atoms with Crippen molar-refractivity contribution in [3.8, 4) is 12.3 Å². The second kappa shape index (κ2) is 4.89. The molecule has 0 aliphatic heterocycles. The summed E-state index contributed by atoms with van der Waals surface area (Å²) >= 11 is 0. The minimum absolute atomic E-state index is 0.566. The van der Waals surface area contributed by atoms with Gasteiger partial charge in [-0.05, 0) is 74.7 Å². The molecule has 0 spiro atoms. The number of rotatable bonds is 5. The Morgan fingerprint density at radius 1 is 1.17 bits per heavy atom. The Hall–Kier alpha value is -0.480. The van der Waals surface area contributed by atoms with E-state index < -0.39 is 0 Å². The van der Waals surface area contributed by atoms with Crippen molar-refractivity contribution in [3.05, 3.63) is 0 Å². The average Bonchev–Trinajstić information content (AvgIpc) is 2.26. The van der Waals surface area contributed by atoms with Crippen LogP contribution in [0.25, 0.3) is 0 Å². The summed E-state index contributed by atoms with van der Waals surface area (Å²) in [5, 5.41) is 3.62. The molecular weight excluding hydrogens is 218 g/mol. The van der Waals surface area contributed by atoms with Crippen molar-refractivity contribution in [1.82, 2.24) is 5.32 Å². The Labute approximate surface area is 112 Å². The van der Waals surface area contributed by atoms with Gasteiger partial charge in [0, 0.05) is 12.5 Å². The summed E-state index contributed by atoms with van der Waals surface area (Å²) in [4.78, 5) is 0. The molecule has 1 nitrogen and oxygen atoms in total. The van der Waals surface area contributed by atoms with Crippen LogP contribution < -0.4 is 5.32 Å². The topological polar surface area (TPSA) is 12.0 Å². The summed E-state index contributed by atoms with van der Waals surface area (Å²) in [5.41, 5.74) is 0.665. The molecule has 4 fully saturated rings. The first kappa shape index (κ1) is 12.5. The first-order valence-electron chi connectivity index (χ1n) is 7.90. The number of terminal acetylenes is 1. The third-order valence-electron chi connectivity index (χ3n) is 5.70. The highest BCUT2D eigenvalue weighted by molar-refractivity contribution is 5.03. The van der Waals surface area contributed by atoms with Crippen LogP contribution in [0, 0.1) is 35.5 Å². The van der Waals surface area contributed by atoms with E-state index in [9.17, 15) is 0 Å². The van der Waals surface area contributed by atoms with Crippen LogP contribution >= 0.6 is 0 Å². The van der Waals surface area contributed by atoms with Crippen molar-refractivity contribution in [3.63, 3.8) is 0 Å². The standard InChI is InChI=1S/C17H27N/c1-3-5-16(18-4-2)12-17-9-13-6-14(10-17)8-15(7-13)11-17/h1,13-16,18H,4-12H2,2H3. The molecule has 4 aliphatic rings. The quantitative estimate of drug-likeness (QED) is 0.730. The molecule has 0 radical (unpaired) electrons. The van der Waals surface area contributed by atoms with Crippen molar-refractivity contribution in [2.45, 2.75) is 64.3 Å². The van der Waals surface area contributed by atoms with E-state index in [1.807, 2.05) is 0 Å². The molecule has 18 heavy (non-hydrogen) atoms. The third-order valence-corrected chi connectivity index (χ3v) is 5.70. The summed E-state index contributed by atoms with van der Waals surface area (Å²) in [5.74, 6) is 6.05. The minimum atomic E-state index is 0.566. The molecule has 4 saturated carbocycles. The van der Waals surface area contributed by atoms with Gasteiger partial charge in [0.15, 0.2) is 0 Å². The predicted molar refractivity (Wildman–Crippen MR) is 76.1 cm³/mol. The van der Waals surface area contributed by atoms with Crippen LogP contribution in [0.15, 0.2) is 0 Å². The second-order valence-corrected chi connectivity index (χ2v) is 7.28. The Morgan fingerprint density at radius 3 is 2.17 bits per heavy atom. The average molecular weight is 245 g/mol. The highest BCUT2D eigenvalue weighted by Gasteiger charge is 2.51. The van der Waals surface area contributed by atoms with E-state index in [2.05, 4.69) is 18.2 Å². The molecule has 1 atom stereocenters. The maximum Gasteiger partial charge on any atom is 0.0240 e. The van der Waals surface area contributed by atoms with Crippen LogP contribution in [-0.4, -0.2) is 12.6 Å². The third kappa shape index (κ3) is 2.32. The van der Waals surface area contributed by atoms with E-state index in [-0.39, 0.29) is 0 Å². The van der Waals surface area contributed by atoms with Crippen molar-refractivity contribution in [2.24, 2.45) is 23.2 Å². The summed E-state index contributed by atoms with van der Waals surface area (Å²) in [7, 11) is 0. The van der Waals surface area contributed by atoms with Gasteiger partial charge in [0.05, 0.1) is 0 Å². The summed E-state index contributed by atoms with van der Waals surface area (Å²) in [6.07, 6.45) is 16.9. The predicted octanol–water partition coefficient (Wildman–Crippen LogP) is 3.59. The fourth-order valence-corrected chi connectivity index (χ4v) is 5.71. The summed E-state index contributed by atoms with van der Waals surface area (Å²) in [6.45, 7) is 3.25. The molecule has 1 N–H and O–H groups in total. The molecule has 1 heteroatoms. The van der Waals surface area contributed by atoms with Gasteiger partial charge in [-0.2, -0.15) is 0 Å². The lowest BCUT2D eigenvalue weighted by Crippen LogP contribution is -2.48. The van der Waals surface area contributed by atoms with E-state index in [4.69, 9.17) is 6.42 Å². The smallest absolute Gasteiger partial charge is 0.0240 e. The Kier molecular flexibility index (Phi) is 3.41. The van der Waals surface area contributed by atoms with Gasteiger partial charge in [-0.1, -0.05) is 6.92 Å². The first-order valence-corrected chi connectivity index (χ1v) is 7.90. The normalized spacial score (nSPS) is 42.8. The number of hydrogen-bond acceptors (Lipinski definition) is 1. The first-order chi connectivity index (χ1) is 8.73. The lowest BCUT2D eigenvalue weighted by Gasteiger charge is -2.57. The molecule has 0 aromatic carbocycles. The number of nitrogens with one attached hydrogen (secondary N) is 1. The van der Waals surface area contributed by atoms with E-state index in [0.29, 0.717) is 11.5 Å². The highest BCUT2D eigenvalue weighted by Crippen LogP contribution is 2.61. The minimum Gasteiger partial charge on any atom is -0.313 e. The molecule has 100 valence electrons. The van der Waals surface area contributed by atoms with Crippen molar-refractivity contribution < 1.29 is 0 Å². The van der Waals surface area contributed by atoms with Crippen molar-refractivity contribution in [1.29, 1.82) is 0 Å². The van der Waals surface area contributed by atoms with Gasteiger partial charge in [-0.25, -0.2) is 0 Å². The van der Waals surface area contributed by atoms with Crippen LogP contribution in [0.2, 0.25) is 0 Å². The zero-order chi connectivity index (χ0) is 12.6. The zero-order valence-corrected chi connectivity index (χ0v) is 11.8. The van der Waals surface area contributed by atoms with E-state index in [1.165, 1.54) is 25.7 Å². The highest BCUT2D eigenvalue weighted by atomic mass is 14.9. The van der Waals surface area contributed by atoms with Gasteiger partial charge < -0.3 is 5.32 Å². The fraction of sp³-hybridized carbons (Fsp3) is 0.882. The largest absolute Gasteiger partial charge is 0.313 e. The van der Waals surface area contributed by atoms with Gasteiger partial charge in [0.25, 0.3) is 0 Å². The molecule has 1 unspecified atom stereocenters. The maximum absolute atomic E-state index is 5.54. The van der Waals surface area contributed by atoms with Gasteiger partial charge in [0.2, 0.25) is 0 Å². The summed E-state index contributed by atoms with van der Waals surface area (Å²) < 4.78 is 0. The van der Waals surface area contributed by atoms with Crippen LogP contribution in [0.1, 0.15) is 58.3 Å². The molecule has 0 aromatic heterocycles. The molecule has 0 saturated heterocycles. The Balaban J connectivity index is 1.69. The van der Waals surface area contributed by atoms with Gasteiger partial charge in [-0.15, -0.1) is 12.3 Å². The van der Waals surface area contributed by atoms with Gasteiger partial charge in [0.1, 0.15) is 0 Å². The Morgan fingerprint density at radius 2 is 1.72 bits per heavy atom. The summed E-state index contributed by atoms with van der Waals surface area (Å²) in [6, 6.07) is 0.566. The maximum atomic E-state index is 5.54. The van der Waals surface area contributed by atoms with E-state index in [0.717, 1.165) is 30.7 Å². The zero-order valence-electron chi connectivity index (χ0n) is 11.8. The van der Waals surface area contributed by atoms with Gasteiger partial charge in [-0.3, -0.25) is 0 Å². The van der Waals surface area contributed by atoms with Crippen LogP contribution in [0.4, 0.5) is 0 Å². The van der Waals surface area contributed by atoms with E-state index in [1.54, 1.807) is 19.3 Å². The molecule has 4 rings (SSSR count). The lowest BCUT2D eigenvalue weighted by molar-refractivity contribution is -0.0617. The molecule has 4 bridgehead atoms. The second-order valence-electron chi connectivity index (χ2n) is 7.28. The fourth-order valence-electron chi connectivity index (χ4n) is 5.71. The van der Waals surface area contributed by atoms with Crippen molar-refractivity contribution in [2.75, 3.05) is 6.54 Å². The van der Waals surface area contributed by atoms with Crippen molar-refractivity contribution >= 4 is 0 Å². The Bertz CT molecular complexity index is 303. The SMILES string of the molecule is C#CCC(CC12CC3CC(CC(C3)C1)C2)NCC. The molecule has 0 amide bonds. The van der Waals surface area contributed by atoms with Crippen LogP contribution in [0.3, 0.4) is 0 Å². The molecule has 4 aliphatic carbocycles.